The molecule has 1 aromatic carbocycles. The Hall–Kier alpha value is -2.13. The van der Waals surface area contributed by atoms with Crippen LogP contribution in [0.2, 0.25) is 0 Å². The van der Waals surface area contributed by atoms with E-state index in [1.54, 1.807) is 45.0 Å². The van der Waals surface area contributed by atoms with Crippen molar-refractivity contribution in [1.82, 2.24) is 5.32 Å². The summed E-state index contributed by atoms with van der Waals surface area (Å²) in [6, 6.07) is 7.45. The molecule has 0 unspecified atom stereocenters. The van der Waals surface area contributed by atoms with Crippen LogP contribution in [0.4, 0.5) is 4.79 Å². The molecule has 140 valence electrons. The highest BCUT2D eigenvalue weighted by Gasteiger charge is 2.27. The number of nitrogens with one attached hydrogen (secondary N) is 1. The number of hydrogen-bond acceptors (Lipinski definition) is 6. The predicted octanol–water partition coefficient (Wildman–Crippen LogP) is 1.90. The summed E-state index contributed by atoms with van der Waals surface area (Å²) in [6.07, 6.45) is -1.28. The van der Waals surface area contributed by atoms with Gasteiger partial charge in [-0.25, -0.2) is 9.59 Å². The molecule has 0 spiro atoms. The number of carbonyl (C=O) groups excluding carboxylic acids is 1. The molecule has 0 radical (unpaired) electrons. The number of amides is 1. The minimum Gasteiger partial charge on any atom is -0.480 e. The van der Waals surface area contributed by atoms with Gasteiger partial charge in [-0.1, -0.05) is 30.3 Å². The quantitative estimate of drug-likeness (QED) is 0.668. The normalized spacial score (nSPS) is 13.1. The van der Waals surface area contributed by atoms with E-state index in [1.807, 2.05) is 6.07 Å². The maximum Gasteiger partial charge on any atom is 0.408 e. The molecule has 0 saturated heterocycles. The summed E-state index contributed by atoms with van der Waals surface area (Å²) in [5.41, 5.74) is -0.176. The van der Waals surface area contributed by atoms with Gasteiger partial charge in [0.1, 0.15) is 12.6 Å². The number of aliphatic carboxylic acids is 1. The van der Waals surface area contributed by atoms with Crippen molar-refractivity contribution in [1.29, 1.82) is 0 Å². The van der Waals surface area contributed by atoms with Crippen LogP contribution in [0.1, 0.15) is 32.8 Å². The second kappa shape index (κ2) is 8.82. The van der Waals surface area contributed by atoms with E-state index in [2.05, 4.69) is 5.32 Å². The van der Waals surface area contributed by atoms with Gasteiger partial charge in [0, 0.05) is 0 Å². The Kier molecular flexibility index (Phi) is 7.38. The van der Waals surface area contributed by atoms with Crippen LogP contribution in [0.15, 0.2) is 30.3 Å². The molecule has 1 aromatic rings. The molecule has 0 aromatic heterocycles. The minimum atomic E-state index is -3.91. The van der Waals surface area contributed by atoms with E-state index in [9.17, 15) is 18.0 Å². The SMILES string of the molecule is CC(C)(C)OS(=O)(=O)CC[C@H](NC(=O)OCc1ccccc1)C(=O)O. The molecule has 0 heterocycles. The summed E-state index contributed by atoms with van der Waals surface area (Å²) >= 11 is 0. The monoisotopic (exact) mass is 373 g/mol. The molecule has 25 heavy (non-hydrogen) atoms. The Bertz CT molecular complexity index is 680. The lowest BCUT2D eigenvalue weighted by Gasteiger charge is -2.20. The van der Waals surface area contributed by atoms with Crippen molar-refractivity contribution in [2.75, 3.05) is 5.75 Å². The first-order chi connectivity index (χ1) is 11.5. The number of carboxylic acid groups (broad SMARTS) is 1. The number of ether oxygens (including phenoxy) is 1. The number of alkyl carbamates (subject to hydrolysis) is 1. The van der Waals surface area contributed by atoms with Crippen LogP contribution in [-0.2, 0) is 30.4 Å². The zero-order valence-corrected chi connectivity index (χ0v) is 15.2. The van der Waals surface area contributed by atoms with Crippen molar-refractivity contribution < 1.29 is 32.0 Å². The zero-order valence-electron chi connectivity index (χ0n) is 14.4. The third-order valence-corrected chi connectivity index (χ3v) is 4.33. The van der Waals surface area contributed by atoms with Gasteiger partial charge in [0.15, 0.2) is 0 Å². The van der Waals surface area contributed by atoms with E-state index >= 15 is 0 Å². The van der Waals surface area contributed by atoms with Crippen LogP contribution in [0.3, 0.4) is 0 Å². The molecule has 9 heteroatoms. The largest absolute Gasteiger partial charge is 0.480 e. The second-order valence-electron chi connectivity index (χ2n) is 6.34. The van der Waals surface area contributed by atoms with E-state index in [1.165, 1.54) is 0 Å². The average Bonchev–Trinajstić information content (AvgIpc) is 2.47. The van der Waals surface area contributed by atoms with Gasteiger partial charge in [-0.3, -0.25) is 4.18 Å². The summed E-state index contributed by atoms with van der Waals surface area (Å²) in [5.74, 6) is -1.90. The van der Waals surface area contributed by atoms with Crippen LogP contribution in [-0.4, -0.2) is 43.0 Å². The molecular formula is C16H23NO7S. The number of carbonyl (C=O) groups is 2. The molecular weight excluding hydrogens is 350 g/mol. The van der Waals surface area contributed by atoms with Gasteiger partial charge >= 0.3 is 12.1 Å². The van der Waals surface area contributed by atoms with Crippen LogP contribution < -0.4 is 5.32 Å². The lowest BCUT2D eigenvalue weighted by Crippen LogP contribution is -2.42. The molecule has 0 aliphatic heterocycles. The van der Waals surface area contributed by atoms with E-state index < -0.39 is 39.6 Å². The highest BCUT2D eigenvalue weighted by atomic mass is 32.2. The van der Waals surface area contributed by atoms with Gasteiger partial charge in [-0.15, -0.1) is 0 Å². The summed E-state index contributed by atoms with van der Waals surface area (Å²) in [4.78, 5) is 22.9. The van der Waals surface area contributed by atoms with Crippen LogP contribution >= 0.6 is 0 Å². The number of carboxylic acids is 1. The van der Waals surface area contributed by atoms with Crippen molar-refractivity contribution >= 4 is 22.2 Å². The molecule has 1 rings (SSSR count). The fraction of sp³-hybridized carbons (Fsp3) is 0.500. The molecule has 0 bridgehead atoms. The first-order valence-corrected chi connectivity index (χ1v) is 9.19. The standard InChI is InChI=1S/C16H23NO7S/c1-16(2,3)24-25(21,22)10-9-13(14(18)19)17-15(20)23-11-12-7-5-4-6-8-12/h4-8,13H,9-11H2,1-3H3,(H,17,20)(H,18,19)/t13-/m0/s1. The summed E-state index contributed by atoms with van der Waals surface area (Å²) < 4.78 is 33.4. The molecule has 0 aliphatic carbocycles. The molecule has 1 atom stereocenters. The lowest BCUT2D eigenvalue weighted by atomic mass is 10.2. The number of benzene rings is 1. The van der Waals surface area contributed by atoms with E-state index in [0.717, 1.165) is 5.56 Å². The van der Waals surface area contributed by atoms with Crippen molar-refractivity contribution in [3.63, 3.8) is 0 Å². The summed E-state index contributed by atoms with van der Waals surface area (Å²) in [5, 5.41) is 11.3. The molecule has 0 saturated carbocycles. The van der Waals surface area contributed by atoms with E-state index in [-0.39, 0.29) is 13.0 Å². The predicted molar refractivity (Wildman–Crippen MR) is 90.4 cm³/mol. The Morgan fingerprint density at radius 3 is 2.32 bits per heavy atom. The Morgan fingerprint density at radius 2 is 1.80 bits per heavy atom. The maximum atomic E-state index is 11.8. The smallest absolute Gasteiger partial charge is 0.408 e. The van der Waals surface area contributed by atoms with Gasteiger partial charge in [-0.2, -0.15) is 8.42 Å². The Labute approximate surface area is 147 Å². The van der Waals surface area contributed by atoms with Crippen LogP contribution in [0.25, 0.3) is 0 Å². The van der Waals surface area contributed by atoms with Crippen molar-refractivity contribution in [2.24, 2.45) is 0 Å². The molecule has 2 N–H and O–H groups in total. The molecule has 1 amide bonds. The first-order valence-electron chi connectivity index (χ1n) is 7.62. The second-order valence-corrected chi connectivity index (χ2v) is 8.03. The van der Waals surface area contributed by atoms with Gasteiger partial charge in [-0.05, 0) is 32.8 Å². The van der Waals surface area contributed by atoms with Gasteiger partial charge in [0.05, 0.1) is 11.4 Å². The highest BCUT2D eigenvalue weighted by Crippen LogP contribution is 2.13. The molecule has 0 fully saturated rings. The fourth-order valence-electron chi connectivity index (χ4n) is 1.85. The zero-order chi connectivity index (χ0) is 19.1. The molecule has 0 aliphatic rings. The van der Waals surface area contributed by atoms with Crippen molar-refractivity contribution in [2.45, 2.75) is 45.4 Å². The number of rotatable bonds is 8. The van der Waals surface area contributed by atoms with Gasteiger partial charge in [0.2, 0.25) is 0 Å². The average molecular weight is 373 g/mol. The minimum absolute atomic E-state index is 0.0234. The summed E-state index contributed by atoms with van der Waals surface area (Å²) in [6.45, 7) is 4.68. The van der Waals surface area contributed by atoms with Crippen molar-refractivity contribution in [3.8, 4) is 0 Å². The van der Waals surface area contributed by atoms with Crippen LogP contribution in [0, 0.1) is 0 Å². The van der Waals surface area contributed by atoms with Crippen LogP contribution in [0.5, 0.6) is 0 Å². The maximum absolute atomic E-state index is 11.8. The Balaban J connectivity index is 2.54. The number of hydrogen-bond donors (Lipinski definition) is 2. The molecule has 8 nitrogen and oxygen atoms in total. The first kappa shape index (κ1) is 20.9. The topological polar surface area (TPSA) is 119 Å². The van der Waals surface area contributed by atoms with E-state index in [0.29, 0.717) is 0 Å². The van der Waals surface area contributed by atoms with Gasteiger partial charge in [0.25, 0.3) is 10.1 Å². The van der Waals surface area contributed by atoms with Gasteiger partial charge < -0.3 is 15.2 Å². The fourth-order valence-corrected chi connectivity index (χ4v) is 3.22. The summed E-state index contributed by atoms with van der Waals surface area (Å²) in [7, 11) is -3.91. The third-order valence-electron chi connectivity index (χ3n) is 2.84. The van der Waals surface area contributed by atoms with Crippen molar-refractivity contribution in [3.05, 3.63) is 35.9 Å². The highest BCUT2D eigenvalue weighted by molar-refractivity contribution is 7.86. The third kappa shape index (κ3) is 9.06. The lowest BCUT2D eigenvalue weighted by molar-refractivity contribution is -0.139. The van der Waals surface area contributed by atoms with E-state index in [4.69, 9.17) is 14.0 Å². The Morgan fingerprint density at radius 1 is 1.20 bits per heavy atom.